The van der Waals surface area contributed by atoms with Crippen molar-refractivity contribution in [1.29, 1.82) is 0 Å². The summed E-state index contributed by atoms with van der Waals surface area (Å²) in [7, 11) is 3.78. The summed E-state index contributed by atoms with van der Waals surface area (Å²) >= 11 is 0. The van der Waals surface area contributed by atoms with Crippen LogP contribution < -0.4 is 4.74 Å². The predicted molar refractivity (Wildman–Crippen MR) is 149 cm³/mol. The molecule has 4 aromatic heterocycles. The SMILES string of the molecule is COc1ccc(Cn2nc(C)nc2-c2nc3nc(C(C)(OC)OC)ccn3c2-c2cn(S(=O)(=O)N(C)C)cn2)cc1. The van der Waals surface area contributed by atoms with Crippen LogP contribution >= 0.6 is 0 Å². The Labute approximate surface area is 237 Å². The Morgan fingerprint density at radius 1 is 1.00 bits per heavy atom. The lowest BCUT2D eigenvalue weighted by atomic mass is 10.2. The highest BCUT2D eigenvalue weighted by Crippen LogP contribution is 2.33. The first-order chi connectivity index (χ1) is 19.5. The van der Waals surface area contributed by atoms with Crippen molar-refractivity contribution in [2.75, 3.05) is 35.4 Å². The van der Waals surface area contributed by atoms with E-state index < -0.39 is 16.0 Å². The van der Waals surface area contributed by atoms with Crippen LogP contribution in [0.1, 0.15) is 24.0 Å². The van der Waals surface area contributed by atoms with Gasteiger partial charge in [-0.2, -0.15) is 17.8 Å². The van der Waals surface area contributed by atoms with Crippen LogP contribution in [-0.2, 0) is 32.0 Å². The molecular weight excluding hydrogens is 550 g/mol. The molecule has 0 fully saturated rings. The largest absolute Gasteiger partial charge is 0.497 e. The van der Waals surface area contributed by atoms with E-state index in [1.165, 1.54) is 40.8 Å². The monoisotopic (exact) mass is 581 g/mol. The van der Waals surface area contributed by atoms with Gasteiger partial charge in [-0.15, -0.1) is 0 Å². The maximum absolute atomic E-state index is 12.8. The van der Waals surface area contributed by atoms with E-state index in [0.717, 1.165) is 19.6 Å². The van der Waals surface area contributed by atoms with E-state index in [9.17, 15) is 8.42 Å². The Morgan fingerprint density at radius 3 is 2.34 bits per heavy atom. The lowest BCUT2D eigenvalue weighted by Gasteiger charge is -2.25. The number of hydrogen-bond donors (Lipinski definition) is 0. The van der Waals surface area contributed by atoms with E-state index in [1.807, 2.05) is 24.3 Å². The maximum Gasteiger partial charge on any atom is 0.308 e. The quantitative estimate of drug-likeness (QED) is 0.225. The third-order valence-electron chi connectivity index (χ3n) is 6.75. The second-order valence-electron chi connectivity index (χ2n) is 9.51. The molecule has 0 saturated carbocycles. The van der Waals surface area contributed by atoms with Gasteiger partial charge in [0, 0.05) is 34.5 Å². The molecule has 216 valence electrons. The van der Waals surface area contributed by atoms with E-state index in [-0.39, 0.29) is 0 Å². The zero-order chi connectivity index (χ0) is 29.5. The molecule has 4 heterocycles. The van der Waals surface area contributed by atoms with Gasteiger partial charge >= 0.3 is 10.2 Å². The molecule has 5 aromatic rings. The molecule has 0 aliphatic carbocycles. The predicted octanol–water partition coefficient (Wildman–Crippen LogP) is 2.34. The Bertz CT molecular complexity index is 1800. The standard InChI is InChI=1S/C26H31N9O5S/c1-17-28-24(35(31-17)14-18-8-10-19(38-5)11-9-18)22-23(20-15-33(16-27-20)41(36,37)32(3)4)34-13-12-21(29-25(34)30-22)26(2,39-6)40-7/h8-13,15-16H,14H2,1-7H3. The summed E-state index contributed by atoms with van der Waals surface area (Å²) < 4.78 is 47.6. The first-order valence-corrected chi connectivity index (χ1v) is 13.9. The Balaban J connectivity index is 1.71. The summed E-state index contributed by atoms with van der Waals surface area (Å²) in [5.74, 6) is 0.953. The summed E-state index contributed by atoms with van der Waals surface area (Å²) in [5, 5.41) is 4.62. The van der Waals surface area contributed by atoms with Crippen molar-refractivity contribution in [2.24, 2.45) is 0 Å². The lowest BCUT2D eigenvalue weighted by Crippen LogP contribution is -2.28. The van der Waals surface area contributed by atoms with Crippen LogP contribution in [0.3, 0.4) is 0 Å². The molecule has 5 rings (SSSR count). The second-order valence-corrected chi connectivity index (χ2v) is 11.6. The highest BCUT2D eigenvalue weighted by molar-refractivity contribution is 7.87. The van der Waals surface area contributed by atoms with E-state index in [0.29, 0.717) is 46.7 Å². The fourth-order valence-electron chi connectivity index (χ4n) is 4.27. The molecule has 1 aromatic carbocycles. The molecule has 15 heteroatoms. The smallest absolute Gasteiger partial charge is 0.308 e. The number of imidazole rings is 2. The molecule has 0 atom stereocenters. The van der Waals surface area contributed by atoms with Crippen LogP contribution in [0.25, 0.3) is 28.7 Å². The molecule has 0 radical (unpaired) electrons. The molecule has 0 N–H and O–H groups in total. The van der Waals surface area contributed by atoms with Gasteiger partial charge in [0.25, 0.3) is 0 Å². The number of aryl methyl sites for hydroxylation is 1. The molecule has 0 amide bonds. The van der Waals surface area contributed by atoms with Crippen molar-refractivity contribution >= 4 is 16.0 Å². The molecule has 0 bridgehead atoms. The molecule has 14 nitrogen and oxygen atoms in total. The highest BCUT2D eigenvalue weighted by Gasteiger charge is 2.30. The fraction of sp³-hybridized carbons (Fsp3) is 0.346. The van der Waals surface area contributed by atoms with Gasteiger partial charge < -0.3 is 14.2 Å². The summed E-state index contributed by atoms with van der Waals surface area (Å²) in [5.41, 5.74) is 2.74. The fourth-order valence-corrected chi connectivity index (χ4v) is 5.04. The number of benzene rings is 1. The normalized spacial score (nSPS) is 12.5. The third kappa shape index (κ3) is 5.08. The molecule has 0 unspecified atom stereocenters. The van der Waals surface area contributed by atoms with Gasteiger partial charge in [-0.25, -0.2) is 28.6 Å². The number of nitrogens with zero attached hydrogens (tertiary/aromatic N) is 9. The van der Waals surface area contributed by atoms with Gasteiger partial charge in [0.15, 0.2) is 5.82 Å². The average molecular weight is 582 g/mol. The molecule has 0 saturated heterocycles. The molecule has 41 heavy (non-hydrogen) atoms. The van der Waals surface area contributed by atoms with Crippen molar-refractivity contribution in [3.8, 4) is 28.7 Å². The van der Waals surface area contributed by atoms with Crippen LogP contribution in [-0.4, -0.2) is 86.2 Å². The Hall–Kier alpha value is -4.18. The third-order valence-corrected chi connectivity index (χ3v) is 8.41. The summed E-state index contributed by atoms with van der Waals surface area (Å²) in [4.78, 5) is 18.7. The number of hydrogen-bond acceptors (Lipinski definition) is 10. The molecule has 0 spiro atoms. The summed E-state index contributed by atoms with van der Waals surface area (Å²) in [6.45, 7) is 3.95. The van der Waals surface area contributed by atoms with Crippen molar-refractivity contribution in [2.45, 2.75) is 26.2 Å². The Morgan fingerprint density at radius 2 is 1.71 bits per heavy atom. The van der Waals surface area contributed by atoms with E-state index in [4.69, 9.17) is 29.2 Å². The first-order valence-electron chi connectivity index (χ1n) is 12.5. The van der Waals surface area contributed by atoms with Crippen molar-refractivity contribution in [3.05, 3.63) is 66.1 Å². The number of methoxy groups -OCH3 is 3. The van der Waals surface area contributed by atoms with Gasteiger partial charge in [0.2, 0.25) is 11.6 Å². The zero-order valence-electron chi connectivity index (χ0n) is 23.8. The van der Waals surface area contributed by atoms with Crippen molar-refractivity contribution < 1.29 is 22.6 Å². The van der Waals surface area contributed by atoms with Gasteiger partial charge in [-0.1, -0.05) is 12.1 Å². The van der Waals surface area contributed by atoms with E-state index in [2.05, 4.69) is 10.1 Å². The Kier molecular flexibility index (Phi) is 7.37. The van der Waals surface area contributed by atoms with Gasteiger partial charge in [0.05, 0.1) is 19.9 Å². The average Bonchev–Trinajstić information content (AvgIpc) is 3.69. The van der Waals surface area contributed by atoms with E-state index in [1.54, 1.807) is 42.3 Å². The van der Waals surface area contributed by atoms with Crippen LogP contribution in [0.5, 0.6) is 5.75 Å². The second kappa shape index (κ2) is 10.7. The number of rotatable bonds is 10. The molecular formula is C26H31N9O5S. The summed E-state index contributed by atoms with van der Waals surface area (Å²) in [6.07, 6.45) is 4.44. The van der Waals surface area contributed by atoms with Gasteiger partial charge in [-0.3, -0.25) is 4.40 Å². The minimum atomic E-state index is -3.80. The van der Waals surface area contributed by atoms with Gasteiger partial charge in [-0.05, 0) is 37.6 Å². The minimum absolute atomic E-state index is 0.314. The van der Waals surface area contributed by atoms with Crippen LogP contribution in [0.4, 0.5) is 0 Å². The van der Waals surface area contributed by atoms with Crippen LogP contribution in [0.15, 0.2) is 49.1 Å². The molecule has 0 aliphatic heterocycles. The first kappa shape index (κ1) is 28.4. The van der Waals surface area contributed by atoms with Crippen LogP contribution in [0.2, 0.25) is 0 Å². The van der Waals surface area contributed by atoms with Gasteiger partial charge in [0.1, 0.15) is 40.7 Å². The number of ether oxygens (including phenoxy) is 3. The van der Waals surface area contributed by atoms with Crippen molar-refractivity contribution in [1.82, 2.24) is 42.4 Å². The summed E-state index contributed by atoms with van der Waals surface area (Å²) in [6, 6.07) is 9.39. The molecule has 0 aliphatic rings. The van der Waals surface area contributed by atoms with Crippen molar-refractivity contribution in [3.63, 3.8) is 0 Å². The minimum Gasteiger partial charge on any atom is -0.497 e. The van der Waals surface area contributed by atoms with Crippen LogP contribution in [0, 0.1) is 6.92 Å². The maximum atomic E-state index is 12.8. The van der Waals surface area contributed by atoms with E-state index >= 15 is 0 Å². The lowest BCUT2D eigenvalue weighted by molar-refractivity contribution is -0.204. The highest BCUT2D eigenvalue weighted by atomic mass is 32.2. The number of fused-ring (bicyclic) bond motifs is 1. The number of aromatic nitrogens is 8. The topological polar surface area (TPSA) is 144 Å². The zero-order valence-corrected chi connectivity index (χ0v) is 24.6.